The maximum absolute atomic E-state index is 13.5. The molecule has 1 amide bonds. The SMILES string of the molecule is Cc1cc(C(C)(CCN2CCC(NS(C)(=O)=O)CC2)C(=O)NCc2ccc(C#N)cc2)ccc1Cl. The molecule has 7 nitrogen and oxygen atoms in total. The normalized spacial score (nSPS) is 16.9. The zero-order chi connectivity index (χ0) is 25.6. The predicted molar refractivity (Wildman–Crippen MR) is 139 cm³/mol. The first-order valence-electron chi connectivity index (χ1n) is 11.7. The molecule has 1 atom stereocenters. The van der Waals surface area contributed by atoms with Crippen LogP contribution >= 0.6 is 11.6 Å². The van der Waals surface area contributed by atoms with Crippen LogP contribution in [0.2, 0.25) is 5.02 Å². The molecule has 2 aromatic carbocycles. The van der Waals surface area contributed by atoms with Crippen LogP contribution in [-0.4, -0.2) is 51.2 Å². The van der Waals surface area contributed by atoms with Crippen LogP contribution in [0.3, 0.4) is 0 Å². The molecule has 0 bridgehead atoms. The largest absolute Gasteiger partial charge is 0.351 e. The maximum atomic E-state index is 13.5. The van der Waals surface area contributed by atoms with Crippen LogP contribution in [0.25, 0.3) is 0 Å². The number of carbonyl (C=O) groups excluding carboxylic acids is 1. The van der Waals surface area contributed by atoms with E-state index in [1.807, 2.05) is 44.2 Å². The quantitative estimate of drug-likeness (QED) is 0.531. The summed E-state index contributed by atoms with van der Waals surface area (Å²) in [7, 11) is -3.21. The Labute approximate surface area is 213 Å². The van der Waals surface area contributed by atoms with Crippen molar-refractivity contribution < 1.29 is 13.2 Å². The van der Waals surface area contributed by atoms with E-state index in [0.29, 0.717) is 30.1 Å². The van der Waals surface area contributed by atoms with Crippen molar-refractivity contribution in [1.82, 2.24) is 14.9 Å². The van der Waals surface area contributed by atoms with Gasteiger partial charge in [0, 0.05) is 17.6 Å². The van der Waals surface area contributed by atoms with E-state index in [2.05, 4.69) is 21.0 Å². The van der Waals surface area contributed by atoms with Gasteiger partial charge < -0.3 is 10.2 Å². The van der Waals surface area contributed by atoms with Crippen LogP contribution in [0.5, 0.6) is 0 Å². The molecule has 1 fully saturated rings. The van der Waals surface area contributed by atoms with Crippen molar-refractivity contribution in [2.24, 2.45) is 0 Å². The first-order chi connectivity index (χ1) is 16.5. The summed E-state index contributed by atoms with van der Waals surface area (Å²) in [6, 6.07) is 15.0. The number of amides is 1. The standard InChI is InChI=1S/C26H33ClN4O3S/c1-19-16-22(8-9-24(19)27)26(2,25(32)29-18-21-6-4-20(17-28)5-7-21)12-15-31-13-10-23(11-14-31)30-35(3,33)34/h4-9,16,23,30H,10-15,18H2,1-3H3,(H,29,32). The second-order valence-electron chi connectivity index (χ2n) is 9.54. The number of benzene rings is 2. The highest BCUT2D eigenvalue weighted by molar-refractivity contribution is 7.88. The Morgan fingerprint density at radius 3 is 2.43 bits per heavy atom. The number of hydrogen-bond donors (Lipinski definition) is 2. The van der Waals surface area contributed by atoms with Crippen molar-refractivity contribution >= 4 is 27.5 Å². The van der Waals surface area contributed by atoms with E-state index in [-0.39, 0.29) is 11.9 Å². The van der Waals surface area contributed by atoms with Crippen LogP contribution in [0, 0.1) is 18.3 Å². The lowest BCUT2D eigenvalue weighted by Gasteiger charge is -2.35. The van der Waals surface area contributed by atoms with E-state index in [1.54, 1.807) is 12.1 Å². The molecule has 1 saturated heterocycles. The Kier molecular flexibility index (Phi) is 8.94. The average Bonchev–Trinajstić information content (AvgIpc) is 2.83. The Morgan fingerprint density at radius 2 is 1.86 bits per heavy atom. The molecule has 0 aromatic heterocycles. The highest BCUT2D eigenvalue weighted by Gasteiger charge is 2.36. The molecule has 0 aliphatic carbocycles. The second kappa shape index (κ2) is 11.5. The van der Waals surface area contributed by atoms with Crippen LogP contribution in [0.4, 0.5) is 0 Å². The zero-order valence-corrected chi connectivity index (χ0v) is 22.0. The minimum Gasteiger partial charge on any atom is -0.351 e. The molecule has 2 N–H and O–H groups in total. The van der Waals surface area contributed by atoms with Gasteiger partial charge in [0.2, 0.25) is 15.9 Å². The summed E-state index contributed by atoms with van der Waals surface area (Å²) >= 11 is 6.25. The molecule has 0 spiro atoms. The Bertz CT molecular complexity index is 1190. The number of nitrogens with zero attached hydrogens (tertiary/aromatic N) is 2. The average molecular weight is 517 g/mol. The van der Waals surface area contributed by atoms with Crippen molar-refractivity contribution in [2.45, 2.75) is 51.1 Å². The maximum Gasteiger partial charge on any atom is 0.230 e. The van der Waals surface area contributed by atoms with E-state index < -0.39 is 15.4 Å². The third kappa shape index (κ3) is 7.52. The number of halogens is 1. The van der Waals surface area contributed by atoms with Crippen LogP contribution < -0.4 is 10.0 Å². The lowest BCUT2D eigenvalue weighted by Crippen LogP contribution is -2.47. The Morgan fingerprint density at radius 1 is 1.20 bits per heavy atom. The number of carbonyl (C=O) groups is 1. The van der Waals surface area contributed by atoms with E-state index in [0.717, 1.165) is 42.6 Å². The molecule has 2 aromatic rings. The van der Waals surface area contributed by atoms with Gasteiger partial charge in [0.25, 0.3) is 0 Å². The lowest BCUT2D eigenvalue weighted by atomic mass is 9.77. The van der Waals surface area contributed by atoms with Crippen molar-refractivity contribution in [2.75, 3.05) is 25.9 Å². The molecule has 0 radical (unpaired) electrons. The van der Waals surface area contributed by atoms with Crippen LogP contribution in [0.1, 0.15) is 48.4 Å². The molecular weight excluding hydrogens is 484 g/mol. The first-order valence-corrected chi connectivity index (χ1v) is 14.0. The second-order valence-corrected chi connectivity index (χ2v) is 11.7. The fraction of sp³-hybridized carbons (Fsp3) is 0.462. The molecular formula is C26H33ClN4O3S. The summed E-state index contributed by atoms with van der Waals surface area (Å²) in [4.78, 5) is 15.8. The number of likely N-dealkylation sites (tertiary alicyclic amines) is 1. The van der Waals surface area contributed by atoms with Gasteiger partial charge in [-0.1, -0.05) is 35.9 Å². The van der Waals surface area contributed by atoms with E-state index in [1.165, 1.54) is 6.26 Å². The molecule has 1 heterocycles. The number of sulfonamides is 1. The molecule has 9 heteroatoms. The van der Waals surface area contributed by atoms with Gasteiger partial charge in [0.15, 0.2) is 0 Å². The van der Waals surface area contributed by atoms with E-state index >= 15 is 0 Å². The topological polar surface area (TPSA) is 102 Å². The van der Waals surface area contributed by atoms with Gasteiger partial charge in [-0.2, -0.15) is 5.26 Å². The molecule has 3 rings (SSSR count). The van der Waals surface area contributed by atoms with E-state index in [9.17, 15) is 13.2 Å². The summed E-state index contributed by atoms with van der Waals surface area (Å²) < 4.78 is 25.7. The highest BCUT2D eigenvalue weighted by atomic mass is 35.5. The third-order valence-electron chi connectivity index (χ3n) is 6.73. The van der Waals surface area contributed by atoms with E-state index in [4.69, 9.17) is 16.9 Å². The number of piperidine rings is 1. The molecule has 1 aliphatic rings. The smallest absolute Gasteiger partial charge is 0.230 e. The van der Waals surface area contributed by atoms with Crippen LogP contribution in [0.15, 0.2) is 42.5 Å². The molecule has 1 unspecified atom stereocenters. The number of nitrogens with one attached hydrogen (secondary N) is 2. The fourth-order valence-corrected chi connectivity index (χ4v) is 5.37. The van der Waals surface area contributed by atoms with Crippen LogP contribution in [-0.2, 0) is 26.8 Å². The predicted octanol–water partition coefficient (Wildman–Crippen LogP) is 3.50. The number of rotatable bonds is 9. The Hall–Kier alpha value is -2.44. The number of hydrogen-bond acceptors (Lipinski definition) is 5. The fourth-order valence-electron chi connectivity index (χ4n) is 4.41. The van der Waals surface area contributed by atoms with Crippen molar-refractivity contribution in [3.8, 4) is 6.07 Å². The van der Waals surface area contributed by atoms with Gasteiger partial charge in [0.05, 0.1) is 23.3 Å². The summed E-state index contributed by atoms with van der Waals surface area (Å²) in [5, 5.41) is 12.7. The number of aryl methyl sites for hydroxylation is 1. The lowest BCUT2D eigenvalue weighted by molar-refractivity contribution is -0.126. The zero-order valence-electron chi connectivity index (χ0n) is 20.5. The first kappa shape index (κ1) is 27.2. The summed E-state index contributed by atoms with van der Waals surface area (Å²) in [5.41, 5.74) is 2.56. The minimum absolute atomic E-state index is 0.0396. The highest BCUT2D eigenvalue weighted by Crippen LogP contribution is 2.32. The van der Waals surface area contributed by atoms with Gasteiger partial charge in [0.1, 0.15) is 0 Å². The molecule has 188 valence electrons. The van der Waals surface area contributed by atoms with Gasteiger partial charge in [-0.05, 0) is 87.6 Å². The summed E-state index contributed by atoms with van der Waals surface area (Å²) in [6.07, 6.45) is 3.29. The monoisotopic (exact) mass is 516 g/mol. The van der Waals surface area contributed by atoms with Gasteiger partial charge in [-0.15, -0.1) is 0 Å². The number of nitriles is 1. The molecule has 35 heavy (non-hydrogen) atoms. The van der Waals surface area contributed by atoms with Crippen molar-refractivity contribution in [1.29, 1.82) is 5.26 Å². The molecule has 0 saturated carbocycles. The minimum atomic E-state index is -3.21. The summed E-state index contributed by atoms with van der Waals surface area (Å²) in [5.74, 6) is -0.0720. The van der Waals surface area contributed by atoms with Gasteiger partial charge >= 0.3 is 0 Å². The Balaban J connectivity index is 1.70. The van der Waals surface area contributed by atoms with Crippen molar-refractivity contribution in [3.05, 3.63) is 69.7 Å². The third-order valence-corrected chi connectivity index (χ3v) is 7.91. The molecule has 1 aliphatic heterocycles. The van der Waals surface area contributed by atoms with Crippen molar-refractivity contribution in [3.63, 3.8) is 0 Å². The van der Waals surface area contributed by atoms with Gasteiger partial charge in [-0.3, -0.25) is 4.79 Å². The van der Waals surface area contributed by atoms with Gasteiger partial charge in [-0.25, -0.2) is 13.1 Å². The summed E-state index contributed by atoms with van der Waals surface area (Å²) in [6.45, 7) is 6.52.